The zero-order valence-electron chi connectivity index (χ0n) is 26.1. The molecule has 12 heteroatoms. The molecular formula is C33H41ClN8O3. The van der Waals surface area contributed by atoms with E-state index in [1.807, 2.05) is 43.3 Å². The number of anilines is 2. The standard InChI is InChI=1S/C33H41ClN8O3/c1-21(28-6-4-7-29(38-28)41-13-5-12-40(3)14-15-41)36-31(43)22(2)42-20-24-9-8-23(18-26(24)32(42)44)30-27(34)19-35-33(39-30)37-25-10-16-45-17-11-25/h4,6-9,18-19,21-22,25H,5,10-17,20H2,1-3H3,(H,36,43)(H,35,37,39)/t21-,22+/m0/s1. The number of hydrogen-bond donors (Lipinski definition) is 2. The lowest BCUT2D eigenvalue weighted by Gasteiger charge is -2.26. The third-order valence-electron chi connectivity index (χ3n) is 8.96. The van der Waals surface area contributed by atoms with Crippen molar-refractivity contribution in [3.05, 3.63) is 64.4 Å². The number of hydrogen-bond acceptors (Lipinski definition) is 9. The maximum absolute atomic E-state index is 13.6. The van der Waals surface area contributed by atoms with Crippen LogP contribution in [0.3, 0.4) is 0 Å². The molecule has 2 amide bonds. The molecule has 0 saturated carbocycles. The number of halogens is 1. The largest absolute Gasteiger partial charge is 0.381 e. The number of pyridine rings is 1. The lowest BCUT2D eigenvalue weighted by Crippen LogP contribution is -2.46. The molecule has 2 fully saturated rings. The van der Waals surface area contributed by atoms with Crippen LogP contribution in [0.2, 0.25) is 5.02 Å². The average molecular weight is 633 g/mol. The van der Waals surface area contributed by atoms with Crippen molar-refractivity contribution in [3.63, 3.8) is 0 Å². The number of fused-ring (bicyclic) bond motifs is 1. The number of aromatic nitrogens is 3. The summed E-state index contributed by atoms with van der Waals surface area (Å²) in [4.78, 5) is 47.2. The van der Waals surface area contributed by atoms with Crippen LogP contribution in [0.1, 0.15) is 60.8 Å². The number of likely N-dealkylation sites (N-methyl/N-ethyl adjacent to an activating group) is 1. The number of amides is 2. The van der Waals surface area contributed by atoms with E-state index in [0.29, 0.717) is 42.0 Å². The molecule has 1 aromatic carbocycles. The van der Waals surface area contributed by atoms with Crippen molar-refractivity contribution in [2.24, 2.45) is 0 Å². The Morgan fingerprint density at radius 2 is 1.89 bits per heavy atom. The third kappa shape index (κ3) is 7.05. The van der Waals surface area contributed by atoms with E-state index >= 15 is 0 Å². The first-order valence-electron chi connectivity index (χ1n) is 15.8. The van der Waals surface area contributed by atoms with Crippen LogP contribution >= 0.6 is 11.6 Å². The Hall–Kier alpha value is -3.80. The topological polar surface area (TPSA) is 116 Å². The monoisotopic (exact) mass is 632 g/mol. The lowest BCUT2D eigenvalue weighted by atomic mass is 10.0. The molecule has 2 aromatic heterocycles. The average Bonchev–Trinajstić information content (AvgIpc) is 3.22. The number of carbonyl (C=O) groups excluding carboxylic acids is 2. The van der Waals surface area contributed by atoms with Gasteiger partial charge in [0.1, 0.15) is 11.9 Å². The second kappa shape index (κ2) is 13.7. The van der Waals surface area contributed by atoms with Gasteiger partial charge < -0.3 is 30.1 Å². The van der Waals surface area contributed by atoms with Gasteiger partial charge in [0.15, 0.2) is 0 Å². The molecule has 3 aliphatic heterocycles. The van der Waals surface area contributed by atoms with Crippen LogP contribution in [-0.4, -0.2) is 95.1 Å². The molecule has 5 heterocycles. The Balaban J connectivity index is 1.11. The van der Waals surface area contributed by atoms with Gasteiger partial charge in [-0.2, -0.15) is 0 Å². The fraction of sp³-hybridized carbons (Fsp3) is 0.485. The van der Waals surface area contributed by atoms with Crippen molar-refractivity contribution in [2.45, 2.75) is 57.8 Å². The quantitative estimate of drug-likeness (QED) is 0.378. The normalized spacial score (nSPS) is 19.2. The van der Waals surface area contributed by atoms with E-state index in [2.05, 4.69) is 37.4 Å². The molecule has 0 spiro atoms. The highest BCUT2D eigenvalue weighted by molar-refractivity contribution is 6.33. The third-order valence-corrected chi connectivity index (χ3v) is 9.24. The first-order chi connectivity index (χ1) is 21.8. The van der Waals surface area contributed by atoms with Crippen LogP contribution in [-0.2, 0) is 16.1 Å². The Labute approximate surface area is 269 Å². The number of nitrogens with one attached hydrogen (secondary N) is 2. The SMILES string of the molecule is C[C@H](NC(=O)[C@@H](C)N1Cc2ccc(-c3nc(NC4CCOCC4)ncc3Cl)cc2C1=O)c1cccc(N2CCCN(C)CC2)n1. The van der Waals surface area contributed by atoms with E-state index in [4.69, 9.17) is 21.3 Å². The fourth-order valence-corrected chi connectivity index (χ4v) is 6.33. The van der Waals surface area contributed by atoms with E-state index < -0.39 is 6.04 Å². The Bertz CT molecular complexity index is 1550. The van der Waals surface area contributed by atoms with Crippen LogP contribution < -0.4 is 15.5 Å². The van der Waals surface area contributed by atoms with Crippen molar-refractivity contribution >= 4 is 35.2 Å². The van der Waals surface area contributed by atoms with Crippen molar-refractivity contribution < 1.29 is 14.3 Å². The van der Waals surface area contributed by atoms with Gasteiger partial charge in [-0.15, -0.1) is 0 Å². The lowest BCUT2D eigenvalue weighted by molar-refractivity contribution is -0.125. The summed E-state index contributed by atoms with van der Waals surface area (Å²) in [5.41, 5.74) is 3.47. The zero-order valence-corrected chi connectivity index (χ0v) is 26.9. The molecule has 3 aromatic rings. The molecule has 6 rings (SSSR count). The van der Waals surface area contributed by atoms with Crippen molar-refractivity contribution in [1.29, 1.82) is 0 Å². The minimum atomic E-state index is -0.668. The summed E-state index contributed by atoms with van der Waals surface area (Å²) in [7, 11) is 2.14. The van der Waals surface area contributed by atoms with Gasteiger partial charge in [-0.3, -0.25) is 9.59 Å². The molecular weight excluding hydrogens is 592 g/mol. The highest BCUT2D eigenvalue weighted by Gasteiger charge is 2.35. The molecule has 45 heavy (non-hydrogen) atoms. The fourth-order valence-electron chi connectivity index (χ4n) is 6.13. The summed E-state index contributed by atoms with van der Waals surface area (Å²) < 4.78 is 5.44. The van der Waals surface area contributed by atoms with Crippen LogP contribution in [0, 0.1) is 0 Å². The molecule has 0 radical (unpaired) electrons. The minimum absolute atomic E-state index is 0.195. The highest BCUT2D eigenvalue weighted by Crippen LogP contribution is 2.32. The summed E-state index contributed by atoms with van der Waals surface area (Å²) in [6.07, 6.45) is 4.43. The number of benzene rings is 1. The van der Waals surface area contributed by atoms with Crippen molar-refractivity contribution in [3.8, 4) is 11.3 Å². The summed E-state index contributed by atoms with van der Waals surface area (Å²) in [5.74, 6) is 0.996. The summed E-state index contributed by atoms with van der Waals surface area (Å²) in [5, 5.41) is 6.86. The van der Waals surface area contributed by atoms with E-state index in [1.54, 1.807) is 18.0 Å². The first-order valence-corrected chi connectivity index (χ1v) is 16.2. The number of nitrogens with zero attached hydrogens (tertiary/aromatic N) is 6. The second-order valence-electron chi connectivity index (χ2n) is 12.2. The predicted molar refractivity (Wildman–Crippen MR) is 174 cm³/mol. The smallest absolute Gasteiger partial charge is 0.255 e. The molecule has 0 unspecified atom stereocenters. The molecule has 2 saturated heterocycles. The van der Waals surface area contributed by atoms with E-state index in [0.717, 1.165) is 68.1 Å². The molecule has 2 N–H and O–H groups in total. The molecule has 0 aliphatic carbocycles. The van der Waals surface area contributed by atoms with Gasteiger partial charge in [0.2, 0.25) is 11.9 Å². The van der Waals surface area contributed by atoms with Gasteiger partial charge in [-0.25, -0.2) is 15.0 Å². The second-order valence-corrected chi connectivity index (χ2v) is 12.6. The van der Waals surface area contributed by atoms with E-state index in [1.165, 1.54) is 0 Å². The van der Waals surface area contributed by atoms with Crippen LogP contribution in [0.15, 0.2) is 42.6 Å². The van der Waals surface area contributed by atoms with Crippen molar-refractivity contribution in [2.75, 3.05) is 56.7 Å². The van der Waals surface area contributed by atoms with Gasteiger partial charge in [0.05, 0.1) is 28.6 Å². The zero-order chi connectivity index (χ0) is 31.5. The molecule has 0 bridgehead atoms. The van der Waals surface area contributed by atoms with Gasteiger partial charge >= 0.3 is 0 Å². The van der Waals surface area contributed by atoms with Gasteiger partial charge in [-0.05, 0) is 70.5 Å². The molecule has 2 atom stereocenters. The minimum Gasteiger partial charge on any atom is -0.381 e. The molecule has 238 valence electrons. The van der Waals surface area contributed by atoms with Gasteiger partial charge in [0.25, 0.3) is 5.91 Å². The van der Waals surface area contributed by atoms with Gasteiger partial charge in [0, 0.05) is 56.6 Å². The molecule has 3 aliphatic rings. The van der Waals surface area contributed by atoms with Gasteiger partial charge in [-0.1, -0.05) is 29.8 Å². The Morgan fingerprint density at radius 3 is 2.71 bits per heavy atom. The number of ether oxygens (including phenoxy) is 1. The van der Waals surface area contributed by atoms with Crippen LogP contribution in [0.5, 0.6) is 0 Å². The highest BCUT2D eigenvalue weighted by atomic mass is 35.5. The maximum atomic E-state index is 13.6. The summed E-state index contributed by atoms with van der Waals surface area (Å²) in [6.45, 7) is 9.39. The summed E-state index contributed by atoms with van der Waals surface area (Å²) >= 11 is 6.52. The van der Waals surface area contributed by atoms with Crippen LogP contribution in [0.4, 0.5) is 11.8 Å². The number of rotatable bonds is 8. The summed E-state index contributed by atoms with van der Waals surface area (Å²) in [6, 6.07) is 10.8. The number of carbonyl (C=O) groups is 2. The Morgan fingerprint density at radius 1 is 1.07 bits per heavy atom. The van der Waals surface area contributed by atoms with Crippen LogP contribution in [0.25, 0.3) is 11.3 Å². The molecule has 11 nitrogen and oxygen atoms in total. The van der Waals surface area contributed by atoms with E-state index in [9.17, 15) is 9.59 Å². The predicted octanol–water partition coefficient (Wildman–Crippen LogP) is 4.15. The maximum Gasteiger partial charge on any atom is 0.255 e. The first kappa shape index (κ1) is 31.2. The Kier molecular flexibility index (Phi) is 9.48. The van der Waals surface area contributed by atoms with Crippen molar-refractivity contribution in [1.82, 2.24) is 30.1 Å². The van der Waals surface area contributed by atoms with E-state index in [-0.39, 0.29) is 23.9 Å².